The first-order valence-corrected chi connectivity index (χ1v) is 9.31. The zero-order chi connectivity index (χ0) is 15.5. The minimum absolute atomic E-state index is 0.183. The molecule has 0 aliphatic heterocycles. The first-order valence-electron chi connectivity index (χ1n) is 7.79. The second kappa shape index (κ2) is 7.32. The molecule has 2 nitrogen and oxygen atoms in total. The molecule has 0 heterocycles. The number of rotatable bonds is 5. The van der Waals surface area contributed by atoms with E-state index in [4.69, 9.17) is 9.47 Å². The van der Waals surface area contributed by atoms with Gasteiger partial charge >= 0.3 is 0 Å². The van der Waals surface area contributed by atoms with Crippen molar-refractivity contribution >= 4 is 22.6 Å². The summed E-state index contributed by atoms with van der Waals surface area (Å²) in [6, 6.07) is 8.29. The number of ether oxygens (including phenoxy) is 2. The van der Waals surface area contributed by atoms with E-state index in [2.05, 4.69) is 55.5 Å². The Bertz CT molecular complexity index is 441. The Kier molecular flexibility index (Phi) is 5.95. The lowest BCUT2D eigenvalue weighted by Gasteiger charge is -2.40. The van der Waals surface area contributed by atoms with Gasteiger partial charge < -0.3 is 9.47 Å². The van der Waals surface area contributed by atoms with Gasteiger partial charge in [0.05, 0.1) is 19.3 Å². The van der Waals surface area contributed by atoms with Gasteiger partial charge in [0.1, 0.15) is 5.75 Å². The van der Waals surface area contributed by atoms with Crippen molar-refractivity contribution in [2.45, 2.75) is 52.2 Å². The summed E-state index contributed by atoms with van der Waals surface area (Å²) in [4.78, 5) is 0. The summed E-state index contributed by atoms with van der Waals surface area (Å²) >= 11 is 2.42. The summed E-state index contributed by atoms with van der Waals surface area (Å²) in [6.45, 7) is 7.08. The minimum Gasteiger partial charge on any atom is -0.497 e. The lowest BCUT2D eigenvalue weighted by atomic mass is 9.71. The summed E-state index contributed by atoms with van der Waals surface area (Å²) in [5, 5.41) is 0. The molecule has 1 aromatic rings. The fraction of sp³-hybridized carbons (Fsp3) is 0.667. The quantitative estimate of drug-likeness (QED) is 0.485. The number of alkyl halides is 1. The molecule has 0 saturated heterocycles. The van der Waals surface area contributed by atoms with Gasteiger partial charge in [0.2, 0.25) is 0 Å². The fourth-order valence-corrected chi connectivity index (χ4v) is 4.33. The van der Waals surface area contributed by atoms with Crippen LogP contribution in [0, 0.1) is 11.3 Å². The zero-order valence-electron chi connectivity index (χ0n) is 13.6. The Hall–Kier alpha value is -0.290. The molecular weight excluding hydrogens is 375 g/mol. The van der Waals surface area contributed by atoms with Crippen LogP contribution in [-0.4, -0.2) is 17.6 Å². The van der Waals surface area contributed by atoms with Gasteiger partial charge in [-0.2, -0.15) is 0 Å². The highest BCUT2D eigenvalue weighted by Crippen LogP contribution is 2.41. The summed E-state index contributed by atoms with van der Waals surface area (Å²) in [5.74, 6) is 1.66. The lowest BCUT2D eigenvalue weighted by Crippen LogP contribution is -2.33. The summed E-state index contributed by atoms with van der Waals surface area (Å²) in [7, 11) is 1.70. The van der Waals surface area contributed by atoms with Crippen molar-refractivity contribution < 1.29 is 9.47 Å². The molecule has 0 N–H and O–H groups in total. The molecule has 0 radical (unpaired) electrons. The summed E-state index contributed by atoms with van der Waals surface area (Å²) in [6.07, 6.45) is 4.23. The molecule has 3 unspecified atom stereocenters. The average molecular weight is 402 g/mol. The smallest absolute Gasteiger partial charge is 0.118 e. The molecule has 0 aromatic heterocycles. The summed E-state index contributed by atoms with van der Waals surface area (Å²) in [5.41, 5.74) is 1.65. The van der Waals surface area contributed by atoms with Gasteiger partial charge in [0.25, 0.3) is 0 Å². The Morgan fingerprint density at radius 2 is 1.90 bits per heavy atom. The fourth-order valence-electron chi connectivity index (χ4n) is 3.62. The van der Waals surface area contributed by atoms with Crippen molar-refractivity contribution in [3.8, 4) is 5.75 Å². The monoisotopic (exact) mass is 402 g/mol. The average Bonchev–Trinajstić information content (AvgIpc) is 2.43. The Morgan fingerprint density at radius 1 is 1.24 bits per heavy atom. The maximum absolute atomic E-state index is 6.46. The van der Waals surface area contributed by atoms with Crippen LogP contribution in [0.3, 0.4) is 0 Å². The minimum atomic E-state index is 0.183. The molecule has 0 spiro atoms. The van der Waals surface area contributed by atoms with Gasteiger partial charge in [0.15, 0.2) is 0 Å². The number of hydrogen-bond donors (Lipinski definition) is 0. The predicted octanol–water partition coefficient (Wildman–Crippen LogP) is 5.40. The third kappa shape index (κ3) is 4.85. The van der Waals surface area contributed by atoms with E-state index in [9.17, 15) is 0 Å². The number of hydrogen-bond acceptors (Lipinski definition) is 2. The first kappa shape index (κ1) is 17.1. The topological polar surface area (TPSA) is 18.5 Å². The largest absolute Gasteiger partial charge is 0.497 e. The molecular formula is C18H27IO2. The van der Waals surface area contributed by atoms with Crippen molar-refractivity contribution in [2.24, 2.45) is 11.3 Å². The van der Waals surface area contributed by atoms with Crippen LogP contribution in [0.2, 0.25) is 0 Å². The second-order valence-electron chi connectivity index (χ2n) is 7.09. The van der Waals surface area contributed by atoms with Crippen molar-refractivity contribution in [2.75, 3.05) is 11.5 Å². The van der Waals surface area contributed by atoms with Crippen LogP contribution < -0.4 is 4.74 Å². The second-order valence-corrected chi connectivity index (χ2v) is 7.97. The Labute approximate surface area is 142 Å². The van der Waals surface area contributed by atoms with Gasteiger partial charge in [-0.05, 0) is 48.3 Å². The van der Waals surface area contributed by atoms with Gasteiger partial charge in [-0.3, -0.25) is 0 Å². The van der Waals surface area contributed by atoms with Gasteiger partial charge in [-0.15, -0.1) is 0 Å². The van der Waals surface area contributed by atoms with Crippen LogP contribution in [0.15, 0.2) is 24.3 Å². The molecule has 21 heavy (non-hydrogen) atoms. The number of halogens is 1. The van der Waals surface area contributed by atoms with Crippen molar-refractivity contribution in [1.29, 1.82) is 0 Å². The highest BCUT2D eigenvalue weighted by atomic mass is 127. The Balaban J connectivity index is 2.04. The molecule has 1 aliphatic rings. The molecule has 1 fully saturated rings. The third-order valence-electron chi connectivity index (χ3n) is 4.33. The molecule has 0 amide bonds. The van der Waals surface area contributed by atoms with Crippen LogP contribution in [0.4, 0.5) is 0 Å². The molecule has 118 valence electrons. The predicted molar refractivity (Wildman–Crippen MR) is 96.3 cm³/mol. The van der Waals surface area contributed by atoms with Crippen LogP contribution in [0.5, 0.6) is 5.75 Å². The molecule has 3 heteroatoms. The van der Waals surface area contributed by atoms with Crippen LogP contribution in [-0.2, 0) is 4.74 Å². The number of methoxy groups -OCH3 is 1. The van der Waals surface area contributed by atoms with E-state index in [0.29, 0.717) is 11.5 Å². The van der Waals surface area contributed by atoms with E-state index in [1.165, 1.54) is 24.8 Å². The van der Waals surface area contributed by atoms with Gasteiger partial charge in [-0.25, -0.2) is 0 Å². The van der Waals surface area contributed by atoms with E-state index in [0.717, 1.165) is 16.1 Å². The van der Waals surface area contributed by atoms with Crippen molar-refractivity contribution in [3.05, 3.63) is 29.8 Å². The highest BCUT2D eigenvalue weighted by Gasteiger charge is 2.33. The van der Waals surface area contributed by atoms with E-state index in [-0.39, 0.29) is 6.10 Å². The SMILES string of the molecule is COc1ccc(C(CI)OC2CC(C)CC(C)(C)C2)cc1. The lowest BCUT2D eigenvalue weighted by molar-refractivity contribution is -0.0573. The van der Waals surface area contributed by atoms with Crippen LogP contribution >= 0.6 is 22.6 Å². The van der Waals surface area contributed by atoms with Gasteiger partial charge in [0, 0.05) is 4.43 Å². The molecule has 1 saturated carbocycles. The molecule has 2 rings (SSSR count). The zero-order valence-corrected chi connectivity index (χ0v) is 15.7. The van der Waals surface area contributed by atoms with Crippen molar-refractivity contribution in [3.63, 3.8) is 0 Å². The first-order chi connectivity index (χ1) is 9.93. The van der Waals surface area contributed by atoms with Crippen LogP contribution in [0.25, 0.3) is 0 Å². The van der Waals surface area contributed by atoms with Crippen LogP contribution in [0.1, 0.15) is 51.7 Å². The van der Waals surface area contributed by atoms with E-state index >= 15 is 0 Å². The highest BCUT2D eigenvalue weighted by molar-refractivity contribution is 14.1. The van der Waals surface area contributed by atoms with E-state index in [1.807, 2.05) is 12.1 Å². The van der Waals surface area contributed by atoms with Gasteiger partial charge in [-0.1, -0.05) is 55.5 Å². The molecule has 0 bridgehead atoms. The third-order valence-corrected chi connectivity index (χ3v) is 5.13. The number of benzene rings is 1. The van der Waals surface area contributed by atoms with E-state index < -0.39 is 0 Å². The maximum atomic E-state index is 6.46. The normalized spacial score (nSPS) is 26.3. The maximum Gasteiger partial charge on any atom is 0.118 e. The molecule has 1 aliphatic carbocycles. The molecule has 1 aromatic carbocycles. The summed E-state index contributed by atoms with van der Waals surface area (Å²) < 4.78 is 12.7. The standard InChI is InChI=1S/C18H27IO2/c1-13-9-16(11-18(2,3)10-13)21-17(12-19)14-5-7-15(20-4)8-6-14/h5-8,13,16-17H,9-12H2,1-4H3. The Morgan fingerprint density at radius 3 is 2.43 bits per heavy atom. The molecule has 3 atom stereocenters. The van der Waals surface area contributed by atoms with Crippen molar-refractivity contribution in [1.82, 2.24) is 0 Å². The van der Waals surface area contributed by atoms with E-state index in [1.54, 1.807) is 7.11 Å².